The van der Waals surface area contributed by atoms with Crippen LogP contribution in [0.2, 0.25) is 0 Å². The molecule has 2 rings (SSSR count). The van der Waals surface area contributed by atoms with Gasteiger partial charge in [0.15, 0.2) is 0 Å². The van der Waals surface area contributed by atoms with E-state index < -0.39 is 0 Å². The second-order valence-corrected chi connectivity index (χ2v) is 5.71. The van der Waals surface area contributed by atoms with Crippen molar-refractivity contribution >= 4 is 17.7 Å². The predicted molar refractivity (Wildman–Crippen MR) is 90.4 cm³/mol. The SMILES string of the molecule is CCOC(=O)N1CC[NH+](CCC(=O)Nc2ccc(OC)cc2)CC1. The van der Waals surface area contributed by atoms with Crippen LogP contribution in [-0.4, -0.2) is 63.3 Å². The molecule has 2 N–H and O–H groups in total. The van der Waals surface area contributed by atoms with Gasteiger partial charge < -0.3 is 19.7 Å². The number of rotatable bonds is 6. The second kappa shape index (κ2) is 9.12. The maximum Gasteiger partial charge on any atom is 0.410 e. The number of carbonyl (C=O) groups is 2. The number of piperazine rings is 1. The van der Waals surface area contributed by atoms with Crippen molar-refractivity contribution in [1.82, 2.24) is 4.90 Å². The first-order valence-electron chi connectivity index (χ1n) is 8.31. The lowest BCUT2D eigenvalue weighted by molar-refractivity contribution is -0.903. The summed E-state index contributed by atoms with van der Waals surface area (Å²) in [5.74, 6) is 0.761. The van der Waals surface area contributed by atoms with Crippen molar-refractivity contribution in [1.29, 1.82) is 0 Å². The average molecular weight is 336 g/mol. The molecule has 1 fully saturated rings. The van der Waals surface area contributed by atoms with Gasteiger partial charge in [-0.15, -0.1) is 0 Å². The minimum Gasteiger partial charge on any atom is -0.497 e. The molecule has 1 aliphatic rings. The Morgan fingerprint density at radius 1 is 1.21 bits per heavy atom. The van der Waals surface area contributed by atoms with E-state index in [9.17, 15) is 9.59 Å². The van der Waals surface area contributed by atoms with Crippen LogP contribution in [-0.2, 0) is 9.53 Å². The van der Waals surface area contributed by atoms with Crippen molar-refractivity contribution in [3.05, 3.63) is 24.3 Å². The molecule has 0 saturated carbocycles. The first kappa shape index (κ1) is 18.1. The Bertz CT molecular complexity index is 539. The van der Waals surface area contributed by atoms with Gasteiger partial charge in [0.25, 0.3) is 0 Å². The van der Waals surface area contributed by atoms with Gasteiger partial charge in [-0.05, 0) is 31.2 Å². The lowest BCUT2D eigenvalue weighted by Crippen LogP contribution is -3.15. The van der Waals surface area contributed by atoms with Crippen LogP contribution in [0.3, 0.4) is 0 Å². The number of carbonyl (C=O) groups excluding carboxylic acids is 2. The topological polar surface area (TPSA) is 72.3 Å². The minimum absolute atomic E-state index is 0.000453. The highest BCUT2D eigenvalue weighted by Gasteiger charge is 2.24. The van der Waals surface area contributed by atoms with E-state index in [4.69, 9.17) is 9.47 Å². The van der Waals surface area contributed by atoms with Crippen LogP contribution in [0.4, 0.5) is 10.5 Å². The number of hydrogen-bond donors (Lipinski definition) is 2. The molecular weight excluding hydrogens is 310 g/mol. The average Bonchev–Trinajstić information content (AvgIpc) is 2.61. The first-order valence-corrected chi connectivity index (χ1v) is 8.31. The highest BCUT2D eigenvalue weighted by atomic mass is 16.6. The van der Waals surface area contributed by atoms with E-state index in [1.54, 1.807) is 18.9 Å². The molecule has 24 heavy (non-hydrogen) atoms. The molecule has 7 nitrogen and oxygen atoms in total. The van der Waals surface area contributed by atoms with E-state index >= 15 is 0 Å². The van der Waals surface area contributed by atoms with Gasteiger partial charge in [0.1, 0.15) is 5.75 Å². The largest absolute Gasteiger partial charge is 0.497 e. The molecule has 0 atom stereocenters. The van der Waals surface area contributed by atoms with Gasteiger partial charge in [0, 0.05) is 5.69 Å². The molecule has 132 valence electrons. The predicted octanol–water partition coefficient (Wildman–Crippen LogP) is 0.381. The van der Waals surface area contributed by atoms with Gasteiger partial charge in [-0.25, -0.2) is 4.79 Å². The Labute approximate surface area is 142 Å². The molecular formula is C17H26N3O4+. The number of amides is 2. The molecule has 0 spiro atoms. The Balaban J connectivity index is 1.68. The maximum absolute atomic E-state index is 12.0. The Hall–Kier alpha value is -2.28. The summed E-state index contributed by atoms with van der Waals surface area (Å²) in [5, 5.41) is 2.88. The van der Waals surface area contributed by atoms with Crippen molar-refractivity contribution < 1.29 is 24.0 Å². The summed E-state index contributed by atoms with van der Waals surface area (Å²) in [6.07, 6.45) is 0.217. The standard InChI is InChI=1S/C17H25N3O4/c1-3-24-17(22)20-12-10-19(11-13-20)9-8-16(21)18-14-4-6-15(23-2)7-5-14/h4-7H,3,8-13H2,1-2H3,(H,18,21)/p+1. The fraction of sp³-hybridized carbons (Fsp3) is 0.529. The molecule has 1 aromatic carbocycles. The van der Waals surface area contributed by atoms with E-state index in [-0.39, 0.29) is 12.0 Å². The summed E-state index contributed by atoms with van der Waals surface area (Å²) in [7, 11) is 1.61. The number of anilines is 1. The normalized spacial score (nSPS) is 15.0. The summed E-state index contributed by atoms with van der Waals surface area (Å²) in [5.41, 5.74) is 0.767. The van der Waals surface area contributed by atoms with E-state index in [0.717, 1.165) is 31.1 Å². The molecule has 0 radical (unpaired) electrons. The van der Waals surface area contributed by atoms with Crippen LogP contribution < -0.4 is 15.0 Å². The van der Waals surface area contributed by atoms with Crippen molar-refractivity contribution in [2.24, 2.45) is 0 Å². The summed E-state index contributed by atoms with van der Waals surface area (Å²) in [6, 6.07) is 7.27. The van der Waals surface area contributed by atoms with Crippen molar-refractivity contribution in [3.63, 3.8) is 0 Å². The molecule has 1 heterocycles. The van der Waals surface area contributed by atoms with Crippen LogP contribution in [0.15, 0.2) is 24.3 Å². The van der Waals surface area contributed by atoms with Crippen LogP contribution >= 0.6 is 0 Å². The van der Waals surface area contributed by atoms with E-state index in [1.807, 2.05) is 24.3 Å². The number of nitrogens with one attached hydrogen (secondary N) is 2. The second-order valence-electron chi connectivity index (χ2n) is 5.71. The zero-order chi connectivity index (χ0) is 17.4. The maximum atomic E-state index is 12.0. The van der Waals surface area contributed by atoms with Gasteiger partial charge in [-0.1, -0.05) is 0 Å². The Morgan fingerprint density at radius 3 is 2.46 bits per heavy atom. The summed E-state index contributed by atoms with van der Waals surface area (Å²) in [6.45, 7) is 6.00. The highest BCUT2D eigenvalue weighted by Crippen LogP contribution is 2.14. The van der Waals surface area contributed by atoms with Gasteiger partial charge in [0.05, 0.1) is 52.9 Å². The first-order chi connectivity index (χ1) is 11.6. The van der Waals surface area contributed by atoms with E-state index in [1.165, 1.54) is 4.90 Å². The molecule has 1 aliphatic heterocycles. The van der Waals surface area contributed by atoms with Gasteiger partial charge in [0.2, 0.25) is 5.91 Å². The molecule has 2 amide bonds. The van der Waals surface area contributed by atoms with Gasteiger partial charge in [-0.3, -0.25) is 9.69 Å². The van der Waals surface area contributed by atoms with Gasteiger partial charge in [-0.2, -0.15) is 0 Å². The Morgan fingerprint density at radius 2 is 1.88 bits per heavy atom. The molecule has 1 saturated heterocycles. The number of nitrogens with zero attached hydrogens (tertiary/aromatic N) is 1. The zero-order valence-corrected chi connectivity index (χ0v) is 14.3. The molecule has 7 heteroatoms. The fourth-order valence-electron chi connectivity index (χ4n) is 2.66. The molecule has 0 aliphatic carbocycles. The summed E-state index contributed by atoms with van der Waals surface area (Å²) >= 11 is 0. The molecule has 0 unspecified atom stereocenters. The number of hydrogen-bond acceptors (Lipinski definition) is 4. The molecule has 1 aromatic rings. The Kier molecular flexibility index (Phi) is 6.87. The van der Waals surface area contributed by atoms with E-state index in [0.29, 0.717) is 26.1 Å². The molecule has 0 aromatic heterocycles. The number of quaternary nitrogens is 1. The highest BCUT2D eigenvalue weighted by molar-refractivity contribution is 5.90. The van der Waals surface area contributed by atoms with Crippen LogP contribution in [0.1, 0.15) is 13.3 Å². The van der Waals surface area contributed by atoms with Crippen LogP contribution in [0.5, 0.6) is 5.75 Å². The zero-order valence-electron chi connectivity index (χ0n) is 14.3. The van der Waals surface area contributed by atoms with Crippen molar-refractivity contribution in [2.45, 2.75) is 13.3 Å². The number of ether oxygens (including phenoxy) is 2. The minimum atomic E-state index is -0.242. The number of methoxy groups -OCH3 is 1. The number of benzene rings is 1. The van der Waals surface area contributed by atoms with E-state index in [2.05, 4.69) is 5.32 Å². The lowest BCUT2D eigenvalue weighted by Gasteiger charge is -2.31. The smallest absolute Gasteiger partial charge is 0.410 e. The van der Waals surface area contributed by atoms with Crippen LogP contribution in [0.25, 0.3) is 0 Å². The fourth-order valence-corrected chi connectivity index (χ4v) is 2.66. The quantitative estimate of drug-likeness (QED) is 0.788. The molecule has 0 bridgehead atoms. The van der Waals surface area contributed by atoms with Crippen molar-refractivity contribution in [2.75, 3.05) is 51.8 Å². The van der Waals surface area contributed by atoms with Gasteiger partial charge >= 0.3 is 6.09 Å². The monoisotopic (exact) mass is 336 g/mol. The lowest BCUT2D eigenvalue weighted by atomic mass is 10.2. The van der Waals surface area contributed by atoms with Crippen molar-refractivity contribution in [3.8, 4) is 5.75 Å². The summed E-state index contributed by atoms with van der Waals surface area (Å²) in [4.78, 5) is 26.7. The van der Waals surface area contributed by atoms with Crippen LogP contribution in [0, 0.1) is 0 Å². The third-order valence-electron chi connectivity index (χ3n) is 4.08. The summed E-state index contributed by atoms with van der Waals surface area (Å²) < 4.78 is 10.1. The third kappa shape index (κ3) is 5.42. The third-order valence-corrected chi connectivity index (χ3v) is 4.08.